The lowest BCUT2D eigenvalue weighted by Crippen LogP contribution is -2.55. The van der Waals surface area contributed by atoms with Crippen LogP contribution in [0, 0.1) is 5.92 Å². The maximum atomic E-state index is 16.1. The highest BCUT2D eigenvalue weighted by Crippen LogP contribution is 2.46. The van der Waals surface area contributed by atoms with Gasteiger partial charge in [0.1, 0.15) is 6.10 Å². The zero-order valence-electron chi connectivity index (χ0n) is 21.4. The fourth-order valence-corrected chi connectivity index (χ4v) is 4.81. The number of aromatic nitrogens is 4. The van der Waals surface area contributed by atoms with Crippen molar-refractivity contribution in [2.45, 2.75) is 76.9 Å². The molecule has 13 heteroatoms. The van der Waals surface area contributed by atoms with Crippen molar-refractivity contribution in [2.24, 2.45) is 5.92 Å². The third kappa shape index (κ3) is 4.81. The highest BCUT2D eigenvalue weighted by Gasteiger charge is 2.60. The smallest absolute Gasteiger partial charge is 0.233 e. The largest absolute Gasteiger partial charge is 0.407 e. The monoisotopic (exact) mass is 510 g/mol. The number of nitrogens with one attached hydrogen (secondary N) is 2. The average Bonchev–Trinajstić information content (AvgIpc) is 3.31. The van der Waals surface area contributed by atoms with Gasteiger partial charge in [0, 0.05) is 13.0 Å². The highest BCUT2D eigenvalue weighted by atomic mass is 28.4. The van der Waals surface area contributed by atoms with Crippen LogP contribution < -0.4 is 10.6 Å². The first-order valence-electron chi connectivity index (χ1n) is 11.5. The summed E-state index contributed by atoms with van der Waals surface area (Å²) >= 11 is 0. The number of fused-ring (bicyclic) bond motifs is 1. The number of rotatable bonds is 8. The Kier molecular flexibility index (Phi) is 7.38. The van der Waals surface area contributed by atoms with Crippen LogP contribution in [-0.4, -0.2) is 76.7 Å². The summed E-state index contributed by atoms with van der Waals surface area (Å²) in [5, 5.41) is 15.4. The Morgan fingerprint density at radius 1 is 1.40 bits per heavy atom. The molecule has 2 unspecified atom stereocenters. The Morgan fingerprint density at radius 2 is 2.06 bits per heavy atom. The summed E-state index contributed by atoms with van der Waals surface area (Å²) in [5.41, 5.74) is -1.40. The van der Waals surface area contributed by atoms with E-state index in [9.17, 15) is 14.7 Å². The van der Waals surface area contributed by atoms with Crippen molar-refractivity contribution in [2.75, 3.05) is 24.3 Å². The Morgan fingerprint density at radius 3 is 2.57 bits per heavy atom. The maximum Gasteiger partial charge on any atom is 0.233 e. The molecule has 2 aromatic heterocycles. The number of carbonyl (C=O) groups is 2. The number of hydrogen-bond donors (Lipinski definition) is 3. The summed E-state index contributed by atoms with van der Waals surface area (Å²) in [6.07, 6.45) is -2.79. The summed E-state index contributed by atoms with van der Waals surface area (Å²) in [5.74, 6) is -0.273. The van der Waals surface area contributed by atoms with Gasteiger partial charge in [-0.15, -0.1) is 0 Å². The quantitative estimate of drug-likeness (QED) is 0.361. The molecule has 35 heavy (non-hydrogen) atoms. The lowest BCUT2D eigenvalue weighted by molar-refractivity contribution is -0.150. The third-order valence-electron chi connectivity index (χ3n) is 6.75. The number of hydrogen-bond acceptors (Lipinski definition) is 9. The number of alkyl halides is 1. The number of aliphatic hydroxyl groups is 1. The van der Waals surface area contributed by atoms with Crippen LogP contribution in [0.2, 0.25) is 18.1 Å². The molecule has 0 aromatic carbocycles. The van der Waals surface area contributed by atoms with E-state index in [0.717, 1.165) is 0 Å². The molecular weight excluding hydrogens is 475 g/mol. The molecule has 0 saturated carbocycles. The molecule has 3 rings (SSSR count). The van der Waals surface area contributed by atoms with Gasteiger partial charge < -0.3 is 19.6 Å². The third-order valence-corrected chi connectivity index (χ3v) is 11.2. The Bertz CT molecular complexity index is 1100. The van der Waals surface area contributed by atoms with Gasteiger partial charge in [0.25, 0.3) is 0 Å². The van der Waals surface area contributed by atoms with Crippen molar-refractivity contribution >= 4 is 43.4 Å². The summed E-state index contributed by atoms with van der Waals surface area (Å²) in [7, 11) is -0.922. The van der Waals surface area contributed by atoms with Crippen LogP contribution in [0.25, 0.3) is 11.2 Å². The zero-order chi connectivity index (χ0) is 26.3. The van der Waals surface area contributed by atoms with Crippen LogP contribution in [-0.2, 0) is 18.8 Å². The van der Waals surface area contributed by atoms with Crippen LogP contribution in [0.3, 0.4) is 0 Å². The molecule has 1 amide bonds. The molecule has 194 valence electrons. The Hall–Kier alpha value is -2.48. The van der Waals surface area contributed by atoms with Crippen molar-refractivity contribution in [3.05, 3.63) is 6.33 Å². The minimum atomic E-state index is -2.55. The molecule has 0 bridgehead atoms. The van der Waals surface area contributed by atoms with Gasteiger partial charge >= 0.3 is 0 Å². The van der Waals surface area contributed by atoms with Crippen LogP contribution >= 0.6 is 0 Å². The Labute approximate surface area is 205 Å². The molecule has 0 spiro atoms. The number of aldehydes is 1. The van der Waals surface area contributed by atoms with E-state index in [1.54, 1.807) is 20.9 Å². The second kappa shape index (κ2) is 9.52. The van der Waals surface area contributed by atoms with Crippen LogP contribution in [0.15, 0.2) is 6.33 Å². The number of imidazole rings is 1. The van der Waals surface area contributed by atoms with Crippen LogP contribution in [0.1, 0.15) is 40.8 Å². The predicted molar refractivity (Wildman–Crippen MR) is 131 cm³/mol. The Balaban J connectivity index is 2.08. The van der Waals surface area contributed by atoms with E-state index in [0.29, 0.717) is 17.6 Å². The molecule has 1 aliphatic heterocycles. The standard InChI is InChI=1S/C22H35FN6O5Si/c1-12(2)18(32)28-20-26-16(24-6)14-17(27-20)29(11-25-14)19-13(23)15(22(9-30,10-31)33-19)34-35(7,8)21(3,4)5/h9,11-13,15,19,31H,10H2,1-8H3,(H2,24,26,27,28,32)/t13-,15?,19-,22?/m1/s1. The predicted octanol–water partition coefficient (Wildman–Crippen LogP) is 2.65. The van der Waals surface area contributed by atoms with Gasteiger partial charge in [0.15, 0.2) is 49.6 Å². The summed E-state index contributed by atoms with van der Waals surface area (Å²) in [4.78, 5) is 37.3. The number of halogens is 1. The van der Waals surface area contributed by atoms with E-state index in [1.807, 2.05) is 33.9 Å². The van der Waals surface area contributed by atoms with Gasteiger partial charge in [-0.3, -0.25) is 19.5 Å². The van der Waals surface area contributed by atoms with Gasteiger partial charge in [-0.2, -0.15) is 9.97 Å². The van der Waals surface area contributed by atoms with E-state index in [4.69, 9.17) is 9.16 Å². The number of carbonyl (C=O) groups excluding carboxylic acids is 2. The molecule has 1 aliphatic rings. The fourth-order valence-electron chi connectivity index (χ4n) is 3.49. The van der Waals surface area contributed by atoms with Crippen molar-refractivity contribution in [3.8, 4) is 0 Å². The van der Waals surface area contributed by atoms with Crippen molar-refractivity contribution in [3.63, 3.8) is 0 Å². The molecule has 1 saturated heterocycles. The van der Waals surface area contributed by atoms with Gasteiger partial charge in [-0.25, -0.2) is 9.37 Å². The first-order chi connectivity index (χ1) is 16.2. The second-order valence-corrected chi connectivity index (χ2v) is 15.4. The fraction of sp³-hybridized carbons (Fsp3) is 0.682. The number of aliphatic hydroxyl groups excluding tert-OH is 1. The minimum Gasteiger partial charge on any atom is -0.407 e. The number of anilines is 2. The number of nitrogens with zero attached hydrogens (tertiary/aromatic N) is 4. The molecule has 1 fully saturated rings. The highest BCUT2D eigenvalue weighted by molar-refractivity contribution is 6.74. The molecule has 0 aliphatic carbocycles. The molecule has 3 N–H and O–H groups in total. The van der Waals surface area contributed by atoms with Gasteiger partial charge in [-0.1, -0.05) is 34.6 Å². The van der Waals surface area contributed by atoms with E-state index >= 15 is 4.39 Å². The average molecular weight is 511 g/mol. The molecule has 3 heterocycles. The lowest BCUT2D eigenvalue weighted by Gasteiger charge is -2.41. The normalized spacial score (nSPS) is 25.3. The summed E-state index contributed by atoms with van der Waals surface area (Å²) in [6, 6.07) is 0. The molecule has 2 aromatic rings. The van der Waals surface area contributed by atoms with Crippen molar-refractivity contribution in [1.82, 2.24) is 19.5 Å². The topological polar surface area (TPSA) is 140 Å². The molecular formula is C22H35FN6O5Si. The number of amides is 1. The first-order valence-corrected chi connectivity index (χ1v) is 14.4. The second-order valence-electron chi connectivity index (χ2n) is 10.6. The SMILES string of the molecule is CNc1nc(NC(=O)C(C)C)nc2c1ncn2[C@@H]1OC(C=O)(CO)C(O[Si](C)(C)C(C)(C)C)[C@H]1F. The molecule has 4 atom stereocenters. The summed E-state index contributed by atoms with van der Waals surface area (Å²) in [6.45, 7) is 12.5. The lowest BCUT2D eigenvalue weighted by atomic mass is 9.99. The van der Waals surface area contributed by atoms with Gasteiger partial charge in [0.05, 0.1) is 12.9 Å². The van der Waals surface area contributed by atoms with E-state index < -0.39 is 39.0 Å². The van der Waals surface area contributed by atoms with Gasteiger partial charge in [-0.05, 0) is 18.1 Å². The van der Waals surface area contributed by atoms with E-state index in [1.165, 1.54) is 10.9 Å². The zero-order valence-corrected chi connectivity index (χ0v) is 22.4. The maximum absolute atomic E-state index is 16.1. The molecule has 11 nitrogen and oxygen atoms in total. The van der Waals surface area contributed by atoms with Crippen LogP contribution in [0.4, 0.5) is 16.2 Å². The number of ether oxygens (including phenoxy) is 1. The van der Waals surface area contributed by atoms with Crippen molar-refractivity contribution in [1.29, 1.82) is 0 Å². The minimum absolute atomic E-state index is 0.00795. The van der Waals surface area contributed by atoms with Gasteiger partial charge in [0.2, 0.25) is 11.9 Å². The van der Waals surface area contributed by atoms with E-state index in [-0.39, 0.29) is 28.5 Å². The van der Waals surface area contributed by atoms with E-state index in [2.05, 4.69) is 25.6 Å². The first kappa shape index (κ1) is 27.1. The molecule has 0 radical (unpaired) electrons. The summed E-state index contributed by atoms with van der Waals surface area (Å²) < 4.78 is 29.5. The van der Waals surface area contributed by atoms with Crippen LogP contribution in [0.5, 0.6) is 0 Å². The van der Waals surface area contributed by atoms with Crippen molar-refractivity contribution < 1.29 is 28.2 Å².